The minimum atomic E-state index is -3.10. The lowest BCUT2D eigenvalue weighted by Crippen LogP contribution is -2.75. The second-order valence-electron chi connectivity index (χ2n) is 15.4. The second kappa shape index (κ2) is 16.1. The maximum absolute atomic E-state index is 3.10. The Morgan fingerprint density at radius 1 is 0.317 bits per heavy atom. The van der Waals surface area contributed by atoms with E-state index >= 15 is 0 Å². The lowest BCUT2D eigenvalue weighted by molar-refractivity contribution is 1.08. The molecule has 0 fully saturated rings. The molecule has 2 nitrogen and oxygen atoms in total. The van der Waals surface area contributed by atoms with Crippen LogP contribution in [0.1, 0.15) is 5.56 Å². The highest BCUT2D eigenvalue weighted by Crippen LogP contribution is 2.39. The molecule has 3 heteroatoms. The van der Waals surface area contributed by atoms with Crippen molar-refractivity contribution >= 4 is 28.8 Å². The highest BCUT2D eigenvalue weighted by Gasteiger charge is 2.46. The largest absolute Gasteiger partial charge is 0.316 e. The van der Waals surface area contributed by atoms with Gasteiger partial charge in [-0.1, -0.05) is 206 Å². The minimum absolute atomic E-state index is 1.12. The summed E-state index contributed by atoms with van der Waals surface area (Å²) in [5.74, 6) is 0. The SMILES string of the molecule is Cc1c(-c2ccccc2)cn(-c2ccccc2)c1-c1cccc(-c2c([Si](c3ccccc3)(c3ccccc3)c3ccccc3)c(-c3ccccc3)cn2-c2ccccc2)c1. The Labute approximate surface area is 354 Å². The molecule has 0 N–H and O–H groups in total. The van der Waals surface area contributed by atoms with Gasteiger partial charge >= 0.3 is 0 Å². The summed E-state index contributed by atoms with van der Waals surface area (Å²) in [5, 5.41) is 5.37. The van der Waals surface area contributed by atoms with Gasteiger partial charge in [-0.25, -0.2) is 0 Å². The van der Waals surface area contributed by atoms with Crippen molar-refractivity contribution in [1.29, 1.82) is 0 Å². The van der Waals surface area contributed by atoms with Crippen LogP contribution >= 0.6 is 0 Å². The van der Waals surface area contributed by atoms with Gasteiger partial charge in [0.2, 0.25) is 0 Å². The number of para-hydroxylation sites is 2. The van der Waals surface area contributed by atoms with Crippen molar-refractivity contribution in [3.8, 4) is 56.1 Å². The van der Waals surface area contributed by atoms with Crippen LogP contribution in [0.3, 0.4) is 0 Å². The first-order chi connectivity index (χ1) is 29.7. The minimum Gasteiger partial charge on any atom is -0.316 e. The van der Waals surface area contributed by atoms with E-state index in [1.807, 2.05) is 0 Å². The van der Waals surface area contributed by atoms with Crippen LogP contribution in [0, 0.1) is 6.92 Å². The summed E-state index contributed by atoms with van der Waals surface area (Å²) >= 11 is 0. The van der Waals surface area contributed by atoms with Gasteiger partial charge in [-0.3, -0.25) is 0 Å². The first kappa shape index (κ1) is 36.8. The summed E-state index contributed by atoms with van der Waals surface area (Å²) in [6.45, 7) is 2.27. The maximum Gasteiger partial charge on any atom is 0.182 e. The van der Waals surface area contributed by atoms with E-state index in [2.05, 4.69) is 265 Å². The first-order valence-corrected chi connectivity index (χ1v) is 22.7. The molecule has 2 heterocycles. The molecule has 0 aliphatic heterocycles. The smallest absolute Gasteiger partial charge is 0.182 e. The van der Waals surface area contributed by atoms with Crippen LogP contribution in [0.5, 0.6) is 0 Å². The van der Waals surface area contributed by atoms with Gasteiger partial charge in [0.05, 0.1) is 11.4 Å². The second-order valence-corrected chi connectivity index (χ2v) is 19.1. The standard InChI is InChI=1S/C57H44N2Si/c1-43-53(44-24-9-2-10-25-44)41-58(48-30-13-4-14-31-48)55(43)46-28-23-29-47(40-46)56-57(54(45-26-11-3-12-27-45)42-59(56)49-32-15-5-16-33-49)60(50-34-17-6-18-35-50,51-36-19-7-20-37-51)52-38-21-8-22-39-52/h2-42H,1H3. The topological polar surface area (TPSA) is 9.86 Å². The molecule has 0 aliphatic carbocycles. The van der Waals surface area contributed by atoms with E-state index in [-0.39, 0.29) is 0 Å². The van der Waals surface area contributed by atoms with E-state index in [1.54, 1.807) is 0 Å². The number of rotatable bonds is 10. The van der Waals surface area contributed by atoms with E-state index in [9.17, 15) is 0 Å². The third kappa shape index (κ3) is 6.46. The molecular formula is C57H44N2Si. The van der Waals surface area contributed by atoms with Crippen LogP contribution in [0.2, 0.25) is 0 Å². The first-order valence-electron chi connectivity index (χ1n) is 20.7. The van der Waals surface area contributed by atoms with Crippen LogP contribution in [-0.4, -0.2) is 17.2 Å². The third-order valence-corrected chi connectivity index (χ3v) is 16.8. The summed E-state index contributed by atoms with van der Waals surface area (Å²) in [7, 11) is -3.10. The van der Waals surface area contributed by atoms with Crippen LogP contribution in [0.25, 0.3) is 56.1 Å². The Hall–Kier alpha value is -7.46. The average molecular weight is 785 g/mol. The third-order valence-electron chi connectivity index (χ3n) is 11.9. The fourth-order valence-corrected chi connectivity index (χ4v) is 14.4. The van der Waals surface area contributed by atoms with E-state index in [0.717, 1.165) is 22.5 Å². The fourth-order valence-electron chi connectivity index (χ4n) is 9.26. The zero-order valence-electron chi connectivity index (χ0n) is 33.6. The van der Waals surface area contributed by atoms with Crippen LogP contribution < -0.4 is 20.7 Å². The molecular weight excluding hydrogens is 741 g/mol. The molecule has 0 atom stereocenters. The molecule has 0 amide bonds. The lowest BCUT2D eigenvalue weighted by Gasteiger charge is -2.36. The Kier molecular flexibility index (Phi) is 9.86. The number of hydrogen-bond acceptors (Lipinski definition) is 0. The van der Waals surface area contributed by atoms with E-state index in [0.29, 0.717) is 0 Å². The molecule has 60 heavy (non-hydrogen) atoms. The average Bonchev–Trinajstić information content (AvgIpc) is 3.90. The Morgan fingerprint density at radius 2 is 0.650 bits per heavy atom. The number of aromatic nitrogens is 2. The highest BCUT2D eigenvalue weighted by atomic mass is 28.3. The number of hydrogen-bond donors (Lipinski definition) is 0. The maximum atomic E-state index is 2.46. The Morgan fingerprint density at radius 3 is 1.10 bits per heavy atom. The molecule has 10 aromatic rings. The highest BCUT2D eigenvalue weighted by molar-refractivity contribution is 7.21. The molecule has 0 radical (unpaired) electrons. The van der Waals surface area contributed by atoms with E-state index in [4.69, 9.17) is 0 Å². The summed E-state index contributed by atoms with van der Waals surface area (Å²) in [4.78, 5) is 0. The molecule has 0 saturated heterocycles. The van der Waals surface area contributed by atoms with Gasteiger partial charge in [0, 0.05) is 34.9 Å². The van der Waals surface area contributed by atoms with Gasteiger partial charge in [0.1, 0.15) is 0 Å². The molecule has 0 bridgehead atoms. The van der Waals surface area contributed by atoms with E-state index in [1.165, 1.54) is 60.0 Å². The summed E-state index contributed by atoms with van der Waals surface area (Å²) in [5.41, 5.74) is 13.1. The quantitative estimate of drug-likeness (QED) is 0.0966. The van der Waals surface area contributed by atoms with Crippen molar-refractivity contribution in [2.24, 2.45) is 0 Å². The van der Waals surface area contributed by atoms with E-state index < -0.39 is 8.07 Å². The fraction of sp³-hybridized carbons (Fsp3) is 0.0175. The molecule has 8 aromatic carbocycles. The van der Waals surface area contributed by atoms with Crippen molar-refractivity contribution in [2.75, 3.05) is 0 Å². The molecule has 0 unspecified atom stereocenters. The zero-order valence-corrected chi connectivity index (χ0v) is 34.6. The van der Waals surface area contributed by atoms with Gasteiger partial charge in [-0.15, -0.1) is 0 Å². The van der Waals surface area contributed by atoms with Gasteiger partial charge in [0.25, 0.3) is 0 Å². The molecule has 0 aliphatic rings. The molecule has 286 valence electrons. The molecule has 10 rings (SSSR count). The normalized spacial score (nSPS) is 11.4. The monoisotopic (exact) mass is 784 g/mol. The van der Waals surface area contributed by atoms with Gasteiger partial charge < -0.3 is 9.13 Å². The van der Waals surface area contributed by atoms with Gasteiger partial charge in [-0.05, 0) is 85.8 Å². The van der Waals surface area contributed by atoms with Crippen molar-refractivity contribution < 1.29 is 0 Å². The van der Waals surface area contributed by atoms with Crippen molar-refractivity contribution in [2.45, 2.75) is 6.92 Å². The summed E-state index contributed by atoms with van der Waals surface area (Å²) in [6, 6.07) is 86.5. The Balaban J connectivity index is 1.35. The predicted octanol–water partition coefficient (Wildman–Crippen LogP) is 11.6. The molecule has 0 spiro atoms. The van der Waals surface area contributed by atoms with Gasteiger partial charge in [0.15, 0.2) is 8.07 Å². The van der Waals surface area contributed by atoms with Gasteiger partial charge in [-0.2, -0.15) is 0 Å². The van der Waals surface area contributed by atoms with Crippen LogP contribution in [0.4, 0.5) is 0 Å². The number of benzene rings is 8. The lowest BCUT2D eigenvalue weighted by atomic mass is 9.99. The molecule has 0 saturated carbocycles. The number of nitrogens with zero attached hydrogens (tertiary/aromatic N) is 2. The molecule has 2 aromatic heterocycles. The zero-order chi connectivity index (χ0) is 40.3. The van der Waals surface area contributed by atoms with Crippen LogP contribution in [-0.2, 0) is 0 Å². The predicted molar refractivity (Wildman–Crippen MR) is 255 cm³/mol. The van der Waals surface area contributed by atoms with Crippen molar-refractivity contribution in [3.05, 3.63) is 255 Å². The summed E-state index contributed by atoms with van der Waals surface area (Å²) < 4.78 is 4.84. The van der Waals surface area contributed by atoms with Crippen molar-refractivity contribution in [3.63, 3.8) is 0 Å². The van der Waals surface area contributed by atoms with Crippen molar-refractivity contribution in [1.82, 2.24) is 9.13 Å². The van der Waals surface area contributed by atoms with Crippen LogP contribution in [0.15, 0.2) is 249 Å². The summed E-state index contributed by atoms with van der Waals surface area (Å²) in [6.07, 6.45) is 4.72. The Bertz CT molecular complexity index is 2900.